The highest BCUT2D eigenvalue weighted by atomic mass is 35.5. The van der Waals surface area contributed by atoms with Crippen molar-refractivity contribution in [3.8, 4) is 0 Å². The number of amides is 3. The number of nitrogens with one attached hydrogen (secondary N) is 1. The van der Waals surface area contributed by atoms with Crippen LogP contribution in [0.5, 0.6) is 0 Å². The summed E-state index contributed by atoms with van der Waals surface area (Å²) < 4.78 is 7.08. The summed E-state index contributed by atoms with van der Waals surface area (Å²) in [7, 11) is 1.83. The van der Waals surface area contributed by atoms with Gasteiger partial charge in [-0.2, -0.15) is 5.10 Å². The SMILES string of the molecule is Cn1nc(C(=O)N2CCOCC2)c2c1CCN(C(=O)CCC(=O)NCc1ccccc1Cl)C2. The van der Waals surface area contributed by atoms with Gasteiger partial charge in [0, 0.05) is 75.3 Å². The van der Waals surface area contributed by atoms with Gasteiger partial charge in [-0.05, 0) is 11.6 Å². The van der Waals surface area contributed by atoms with Gasteiger partial charge in [0.15, 0.2) is 5.69 Å². The first-order valence-electron chi connectivity index (χ1n) is 11.1. The summed E-state index contributed by atoms with van der Waals surface area (Å²) in [5.74, 6) is -0.434. The molecule has 3 heterocycles. The number of ether oxygens (including phenoxy) is 1. The summed E-state index contributed by atoms with van der Waals surface area (Å²) >= 11 is 6.11. The average molecular weight is 474 g/mol. The van der Waals surface area contributed by atoms with E-state index < -0.39 is 0 Å². The van der Waals surface area contributed by atoms with Gasteiger partial charge < -0.3 is 19.9 Å². The van der Waals surface area contributed by atoms with Crippen molar-refractivity contribution in [3.63, 3.8) is 0 Å². The molecule has 4 rings (SSSR count). The predicted octanol–water partition coefficient (Wildman–Crippen LogP) is 1.53. The predicted molar refractivity (Wildman–Crippen MR) is 122 cm³/mol. The Kier molecular flexibility index (Phi) is 7.29. The Bertz CT molecular complexity index is 1050. The Balaban J connectivity index is 1.33. The van der Waals surface area contributed by atoms with Crippen molar-refractivity contribution in [1.82, 2.24) is 24.9 Å². The number of carbonyl (C=O) groups is 3. The minimum absolute atomic E-state index is 0.0965. The van der Waals surface area contributed by atoms with E-state index in [9.17, 15) is 14.4 Å². The van der Waals surface area contributed by atoms with Crippen molar-refractivity contribution in [2.45, 2.75) is 32.4 Å². The van der Waals surface area contributed by atoms with Crippen LogP contribution in [0.2, 0.25) is 5.02 Å². The highest BCUT2D eigenvalue weighted by molar-refractivity contribution is 6.31. The van der Waals surface area contributed by atoms with Crippen molar-refractivity contribution in [2.24, 2.45) is 7.05 Å². The molecule has 0 spiro atoms. The van der Waals surface area contributed by atoms with E-state index in [1.807, 2.05) is 25.2 Å². The smallest absolute Gasteiger partial charge is 0.274 e. The van der Waals surface area contributed by atoms with Gasteiger partial charge in [0.25, 0.3) is 5.91 Å². The van der Waals surface area contributed by atoms with Gasteiger partial charge in [-0.25, -0.2) is 0 Å². The zero-order valence-electron chi connectivity index (χ0n) is 18.7. The van der Waals surface area contributed by atoms with Gasteiger partial charge in [0.1, 0.15) is 0 Å². The first-order chi connectivity index (χ1) is 15.9. The highest BCUT2D eigenvalue weighted by Gasteiger charge is 2.31. The van der Waals surface area contributed by atoms with E-state index in [4.69, 9.17) is 16.3 Å². The lowest BCUT2D eigenvalue weighted by molar-refractivity contribution is -0.134. The summed E-state index contributed by atoms with van der Waals surface area (Å²) in [5.41, 5.74) is 3.02. The molecule has 1 aromatic heterocycles. The maximum atomic E-state index is 13.0. The largest absolute Gasteiger partial charge is 0.378 e. The van der Waals surface area contributed by atoms with Gasteiger partial charge in [0.05, 0.1) is 13.2 Å². The number of hydrogen-bond donors (Lipinski definition) is 1. The molecule has 176 valence electrons. The molecule has 3 amide bonds. The van der Waals surface area contributed by atoms with Gasteiger partial charge in [0.2, 0.25) is 11.8 Å². The monoisotopic (exact) mass is 473 g/mol. The third-order valence-electron chi connectivity index (χ3n) is 6.10. The molecule has 2 aliphatic rings. The lowest BCUT2D eigenvalue weighted by Crippen LogP contribution is -2.42. The quantitative estimate of drug-likeness (QED) is 0.686. The Morgan fingerprint density at radius 3 is 2.61 bits per heavy atom. The van der Waals surface area contributed by atoms with E-state index in [0.717, 1.165) is 16.8 Å². The van der Waals surface area contributed by atoms with Gasteiger partial charge in [-0.1, -0.05) is 29.8 Å². The molecule has 0 bridgehead atoms. The molecule has 0 atom stereocenters. The fraction of sp³-hybridized carbons (Fsp3) is 0.478. The molecule has 0 unspecified atom stereocenters. The van der Waals surface area contributed by atoms with E-state index in [0.29, 0.717) is 63.1 Å². The Morgan fingerprint density at radius 1 is 1.09 bits per heavy atom. The van der Waals surface area contributed by atoms with Gasteiger partial charge in [-0.15, -0.1) is 0 Å². The van der Waals surface area contributed by atoms with Crippen LogP contribution >= 0.6 is 11.6 Å². The number of aromatic nitrogens is 2. The average Bonchev–Trinajstić information content (AvgIpc) is 3.17. The minimum Gasteiger partial charge on any atom is -0.378 e. The zero-order valence-corrected chi connectivity index (χ0v) is 19.4. The number of hydrogen-bond acceptors (Lipinski definition) is 5. The van der Waals surface area contributed by atoms with Crippen LogP contribution in [0.1, 0.15) is 40.2 Å². The zero-order chi connectivity index (χ0) is 23.4. The maximum Gasteiger partial charge on any atom is 0.274 e. The van der Waals surface area contributed by atoms with Crippen LogP contribution in [-0.2, 0) is 40.9 Å². The molecular formula is C23H28ClN5O4. The molecule has 1 N–H and O–H groups in total. The van der Waals surface area contributed by atoms with Crippen molar-refractivity contribution in [1.29, 1.82) is 0 Å². The first kappa shape index (κ1) is 23.3. The van der Waals surface area contributed by atoms with Gasteiger partial charge in [-0.3, -0.25) is 19.1 Å². The van der Waals surface area contributed by atoms with E-state index in [-0.39, 0.29) is 30.6 Å². The molecule has 0 aliphatic carbocycles. The van der Waals surface area contributed by atoms with E-state index in [1.54, 1.807) is 20.5 Å². The van der Waals surface area contributed by atoms with Crippen molar-refractivity contribution < 1.29 is 19.1 Å². The van der Waals surface area contributed by atoms with E-state index in [1.165, 1.54) is 0 Å². The molecule has 1 saturated heterocycles. The lowest BCUT2D eigenvalue weighted by atomic mass is 10.0. The Morgan fingerprint density at radius 2 is 1.85 bits per heavy atom. The molecular weight excluding hydrogens is 446 g/mol. The second kappa shape index (κ2) is 10.4. The lowest BCUT2D eigenvalue weighted by Gasteiger charge is -2.29. The third kappa shape index (κ3) is 5.36. The maximum absolute atomic E-state index is 13.0. The van der Waals surface area contributed by atoms with Crippen LogP contribution in [-0.4, -0.2) is 70.1 Å². The minimum atomic E-state index is -0.203. The topological polar surface area (TPSA) is 96.8 Å². The van der Waals surface area contributed by atoms with Crippen molar-refractivity contribution in [3.05, 3.63) is 51.8 Å². The van der Waals surface area contributed by atoms with E-state index >= 15 is 0 Å². The number of fused-ring (bicyclic) bond motifs is 1. The molecule has 0 radical (unpaired) electrons. The Hall–Kier alpha value is -2.91. The van der Waals surface area contributed by atoms with Crippen LogP contribution in [0, 0.1) is 0 Å². The summed E-state index contributed by atoms with van der Waals surface area (Å²) in [6.45, 7) is 3.30. The summed E-state index contributed by atoms with van der Waals surface area (Å²) in [5, 5.41) is 7.87. The molecule has 9 nitrogen and oxygen atoms in total. The molecule has 2 aliphatic heterocycles. The molecule has 10 heteroatoms. The summed E-state index contributed by atoms with van der Waals surface area (Å²) in [4.78, 5) is 41.5. The van der Waals surface area contributed by atoms with Crippen LogP contribution < -0.4 is 5.32 Å². The third-order valence-corrected chi connectivity index (χ3v) is 6.46. The van der Waals surface area contributed by atoms with Crippen LogP contribution in [0.25, 0.3) is 0 Å². The molecule has 1 fully saturated rings. The number of benzene rings is 1. The normalized spacial score (nSPS) is 15.8. The summed E-state index contributed by atoms with van der Waals surface area (Å²) in [6, 6.07) is 7.31. The number of morpholine rings is 1. The van der Waals surface area contributed by atoms with Crippen molar-refractivity contribution >= 4 is 29.3 Å². The fourth-order valence-corrected chi connectivity index (χ4v) is 4.40. The second-order valence-electron chi connectivity index (χ2n) is 8.24. The van der Waals surface area contributed by atoms with E-state index in [2.05, 4.69) is 10.4 Å². The highest BCUT2D eigenvalue weighted by Crippen LogP contribution is 2.24. The van der Waals surface area contributed by atoms with Gasteiger partial charge >= 0.3 is 0 Å². The second-order valence-corrected chi connectivity index (χ2v) is 8.64. The molecule has 0 saturated carbocycles. The first-order valence-corrected chi connectivity index (χ1v) is 11.5. The number of nitrogens with zero attached hydrogens (tertiary/aromatic N) is 4. The number of rotatable bonds is 6. The molecule has 1 aromatic carbocycles. The number of carbonyl (C=O) groups excluding carboxylic acids is 3. The standard InChI is InChI=1S/C23H28ClN5O4/c1-27-19-8-9-29(15-17(19)22(26-27)23(32)28-10-12-33-13-11-28)21(31)7-6-20(30)25-14-16-4-2-3-5-18(16)24/h2-5H,6-15H2,1H3,(H,25,30). The Labute approximate surface area is 197 Å². The molecule has 33 heavy (non-hydrogen) atoms. The van der Waals surface area contributed by atoms with Crippen LogP contribution in [0.15, 0.2) is 24.3 Å². The van der Waals surface area contributed by atoms with Crippen LogP contribution in [0.3, 0.4) is 0 Å². The van der Waals surface area contributed by atoms with Crippen molar-refractivity contribution in [2.75, 3.05) is 32.8 Å². The molecule has 2 aromatic rings. The fourth-order valence-electron chi connectivity index (χ4n) is 4.20. The number of aryl methyl sites for hydroxylation is 1. The summed E-state index contributed by atoms with van der Waals surface area (Å²) in [6.07, 6.45) is 0.829. The number of halogens is 1. The van der Waals surface area contributed by atoms with Crippen LogP contribution in [0.4, 0.5) is 0 Å².